The van der Waals surface area contributed by atoms with Crippen molar-refractivity contribution in [3.63, 3.8) is 0 Å². The molecular formula is C25H38N6O. The summed E-state index contributed by atoms with van der Waals surface area (Å²) in [6, 6.07) is 1.98. The minimum atomic E-state index is -0.310. The fourth-order valence-corrected chi connectivity index (χ4v) is 6.30. The van der Waals surface area contributed by atoms with Crippen molar-refractivity contribution in [2.45, 2.75) is 65.7 Å². The molecule has 0 bridgehead atoms. The number of piperidine rings is 1. The molecule has 7 nitrogen and oxygen atoms in total. The maximum atomic E-state index is 13.5. The van der Waals surface area contributed by atoms with E-state index in [4.69, 9.17) is 4.98 Å². The molecule has 0 unspecified atom stereocenters. The van der Waals surface area contributed by atoms with Gasteiger partial charge in [0.2, 0.25) is 5.91 Å². The number of anilines is 1. The van der Waals surface area contributed by atoms with E-state index < -0.39 is 0 Å². The lowest BCUT2D eigenvalue weighted by Gasteiger charge is -2.51. The molecule has 2 saturated heterocycles. The number of amides is 1. The summed E-state index contributed by atoms with van der Waals surface area (Å²) >= 11 is 0. The molecule has 7 heteroatoms. The van der Waals surface area contributed by atoms with E-state index in [9.17, 15) is 4.79 Å². The largest absolute Gasteiger partial charge is 0.354 e. The van der Waals surface area contributed by atoms with Gasteiger partial charge in [0.1, 0.15) is 5.82 Å². The number of nitrogens with zero attached hydrogens (tertiary/aromatic N) is 5. The zero-order chi connectivity index (χ0) is 22.3. The van der Waals surface area contributed by atoms with E-state index in [0.29, 0.717) is 11.3 Å². The molecule has 3 aliphatic heterocycles. The van der Waals surface area contributed by atoms with Gasteiger partial charge in [0.15, 0.2) is 5.65 Å². The van der Waals surface area contributed by atoms with Gasteiger partial charge >= 0.3 is 0 Å². The Morgan fingerprint density at radius 3 is 2.62 bits per heavy atom. The molecule has 0 atom stereocenters. The Balaban J connectivity index is 1.33. The van der Waals surface area contributed by atoms with E-state index in [1.165, 1.54) is 30.5 Å². The van der Waals surface area contributed by atoms with Gasteiger partial charge in [-0.15, -0.1) is 0 Å². The molecule has 0 radical (unpaired) electrons. The van der Waals surface area contributed by atoms with Crippen LogP contribution in [-0.2, 0) is 17.6 Å². The van der Waals surface area contributed by atoms with Crippen molar-refractivity contribution in [1.29, 1.82) is 0 Å². The van der Waals surface area contributed by atoms with Crippen LogP contribution in [0, 0.1) is 10.8 Å². The van der Waals surface area contributed by atoms with Gasteiger partial charge in [-0.05, 0) is 44.6 Å². The number of carbonyl (C=O) groups excluding carboxylic acids is 1. The standard InChI is InChI=1S/C25H38N6O/c1-4-9-25(5-2)10-15-29(16-11-25)23(32)24(3)17-30(18-24)22-19-6-12-26-13-7-20(19)28-21-8-14-27-31(21)22/h8,14,26H,4-7,9-13,15-18H2,1-3H3. The Bertz CT molecular complexity index is 984. The first kappa shape index (κ1) is 21.7. The van der Waals surface area contributed by atoms with Crippen molar-refractivity contribution in [1.82, 2.24) is 24.8 Å². The maximum absolute atomic E-state index is 13.5. The smallest absolute Gasteiger partial charge is 0.232 e. The van der Waals surface area contributed by atoms with Crippen LogP contribution in [0.15, 0.2) is 12.3 Å². The van der Waals surface area contributed by atoms with Crippen LogP contribution < -0.4 is 10.2 Å². The van der Waals surface area contributed by atoms with Gasteiger partial charge in [-0.3, -0.25) is 4.79 Å². The van der Waals surface area contributed by atoms with Crippen LogP contribution in [0.5, 0.6) is 0 Å². The molecule has 0 aliphatic carbocycles. The minimum absolute atomic E-state index is 0.310. The number of hydrogen-bond acceptors (Lipinski definition) is 5. The average molecular weight is 439 g/mol. The zero-order valence-electron chi connectivity index (χ0n) is 20.0. The topological polar surface area (TPSA) is 65.8 Å². The highest BCUT2D eigenvalue weighted by Gasteiger charge is 2.49. The van der Waals surface area contributed by atoms with E-state index in [1.54, 1.807) is 0 Å². The Morgan fingerprint density at radius 2 is 1.91 bits per heavy atom. The molecular weight excluding hydrogens is 400 g/mol. The second-order valence-electron chi connectivity index (χ2n) is 10.5. The molecule has 1 N–H and O–H groups in total. The van der Waals surface area contributed by atoms with Crippen LogP contribution in [0.2, 0.25) is 0 Å². The summed E-state index contributed by atoms with van der Waals surface area (Å²) in [7, 11) is 0. The predicted octanol–water partition coefficient (Wildman–Crippen LogP) is 3.06. The third-order valence-corrected chi connectivity index (χ3v) is 8.32. The quantitative estimate of drug-likeness (QED) is 0.777. The van der Waals surface area contributed by atoms with Gasteiger partial charge in [0.05, 0.1) is 17.3 Å². The van der Waals surface area contributed by atoms with Gasteiger partial charge in [-0.1, -0.05) is 26.7 Å². The minimum Gasteiger partial charge on any atom is -0.354 e. The highest BCUT2D eigenvalue weighted by atomic mass is 16.2. The fraction of sp³-hybridized carbons (Fsp3) is 0.720. The van der Waals surface area contributed by atoms with E-state index in [-0.39, 0.29) is 5.41 Å². The van der Waals surface area contributed by atoms with Crippen LogP contribution >= 0.6 is 0 Å². The lowest BCUT2D eigenvalue weighted by molar-refractivity contribution is -0.145. The summed E-state index contributed by atoms with van der Waals surface area (Å²) in [6.45, 7) is 12.0. The Morgan fingerprint density at radius 1 is 1.16 bits per heavy atom. The van der Waals surface area contributed by atoms with Crippen molar-refractivity contribution in [2.75, 3.05) is 44.2 Å². The Kier molecular flexibility index (Phi) is 5.64. The maximum Gasteiger partial charge on any atom is 0.232 e. The molecule has 0 aromatic carbocycles. The third kappa shape index (κ3) is 3.58. The molecule has 2 aromatic heterocycles. The van der Waals surface area contributed by atoms with Gasteiger partial charge < -0.3 is 15.1 Å². The molecule has 2 fully saturated rings. The summed E-state index contributed by atoms with van der Waals surface area (Å²) < 4.78 is 1.98. The fourth-order valence-electron chi connectivity index (χ4n) is 6.30. The SMILES string of the molecule is CCCC1(CC)CCN(C(=O)C2(C)CN(c3c4c(nc5ccnn35)CCNCC4)C2)CC1. The van der Waals surface area contributed by atoms with E-state index >= 15 is 0 Å². The molecule has 5 rings (SSSR count). The molecule has 2 aromatic rings. The van der Waals surface area contributed by atoms with Gasteiger partial charge in [-0.2, -0.15) is 9.61 Å². The van der Waals surface area contributed by atoms with Crippen LogP contribution in [0.1, 0.15) is 64.1 Å². The van der Waals surface area contributed by atoms with Gasteiger partial charge in [-0.25, -0.2) is 4.98 Å². The molecule has 32 heavy (non-hydrogen) atoms. The number of aromatic nitrogens is 3. The van der Waals surface area contributed by atoms with Crippen LogP contribution in [-0.4, -0.2) is 64.7 Å². The zero-order valence-corrected chi connectivity index (χ0v) is 20.0. The van der Waals surface area contributed by atoms with E-state index in [2.05, 4.69) is 41.0 Å². The number of nitrogens with one attached hydrogen (secondary N) is 1. The average Bonchev–Trinajstić information content (AvgIpc) is 3.12. The number of hydrogen-bond donors (Lipinski definition) is 1. The van der Waals surface area contributed by atoms with Gasteiger partial charge in [0.25, 0.3) is 0 Å². The van der Waals surface area contributed by atoms with Crippen LogP contribution in [0.25, 0.3) is 5.65 Å². The molecule has 5 heterocycles. The molecule has 0 saturated carbocycles. The molecule has 0 spiro atoms. The summed E-state index contributed by atoms with van der Waals surface area (Å²) in [5, 5.41) is 8.07. The highest BCUT2D eigenvalue weighted by molar-refractivity contribution is 5.86. The third-order valence-electron chi connectivity index (χ3n) is 8.32. The van der Waals surface area contributed by atoms with E-state index in [0.717, 1.165) is 76.4 Å². The molecule has 1 amide bonds. The monoisotopic (exact) mass is 438 g/mol. The first-order chi connectivity index (χ1) is 15.5. The Hall–Kier alpha value is -2.15. The van der Waals surface area contributed by atoms with Crippen molar-refractivity contribution in [2.24, 2.45) is 10.8 Å². The predicted molar refractivity (Wildman–Crippen MR) is 127 cm³/mol. The van der Waals surface area contributed by atoms with Gasteiger partial charge in [0, 0.05) is 50.8 Å². The second-order valence-corrected chi connectivity index (χ2v) is 10.5. The van der Waals surface area contributed by atoms with Crippen LogP contribution in [0.3, 0.4) is 0 Å². The Labute approximate surface area is 191 Å². The normalized spacial score (nSPS) is 22.3. The molecule has 174 valence electrons. The highest BCUT2D eigenvalue weighted by Crippen LogP contribution is 2.42. The van der Waals surface area contributed by atoms with Crippen molar-refractivity contribution in [3.8, 4) is 0 Å². The first-order valence-electron chi connectivity index (χ1n) is 12.6. The van der Waals surface area contributed by atoms with Crippen LogP contribution in [0.4, 0.5) is 5.82 Å². The van der Waals surface area contributed by atoms with Crippen molar-refractivity contribution < 1.29 is 4.79 Å². The summed E-state index contributed by atoms with van der Waals surface area (Å²) in [5.41, 5.74) is 3.53. The number of fused-ring (bicyclic) bond motifs is 2. The number of rotatable bonds is 5. The summed E-state index contributed by atoms with van der Waals surface area (Å²) in [4.78, 5) is 22.9. The first-order valence-corrected chi connectivity index (χ1v) is 12.6. The summed E-state index contributed by atoms with van der Waals surface area (Å²) in [6.07, 6.45) is 9.80. The lowest BCUT2D eigenvalue weighted by atomic mass is 9.72. The number of likely N-dealkylation sites (tertiary alicyclic amines) is 1. The van der Waals surface area contributed by atoms with Crippen molar-refractivity contribution in [3.05, 3.63) is 23.5 Å². The lowest BCUT2D eigenvalue weighted by Crippen LogP contribution is -2.64. The second kappa shape index (κ2) is 8.32. The number of carbonyl (C=O) groups is 1. The van der Waals surface area contributed by atoms with Crippen molar-refractivity contribution >= 4 is 17.4 Å². The van der Waals surface area contributed by atoms with E-state index in [1.807, 2.05) is 16.8 Å². The molecule has 3 aliphatic rings. The summed E-state index contributed by atoms with van der Waals surface area (Å²) in [5.74, 6) is 1.49.